The number of hydrogen-bond donors (Lipinski definition) is 1. The van der Waals surface area contributed by atoms with Crippen molar-refractivity contribution < 1.29 is 13.0 Å². The van der Waals surface area contributed by atoms with Crippen LogP contribution in [-0.2, 0) is 28.5 Å². The van der Waals surface area contributed by atoms with Crippen molar-refractivity contribution in [1.82, 2.24) is 4.31 Å². The lowest BCUT2D eigenvalue weighted by atomic mass is 10.0. The minimum absolute atomic E-state index is 0.243. The van der Waals surface area contributed by atoms with E-state index in [0.717, 1.165) is 54.7 Å². The van der Waals surface area contributed by atoms with E-state index in [1.54, 1.807) is 0 Å². The third-order valence-corrected chi connectivity index (χ3v) is 7.28. The maximum Gasteiger partial charge on any atom is 0.152 e. The number of hydrogen-bond acceptors (Lipinski definition) is 2. The standard InChI is InChI=1S/C18H29NO3S2/c1-4-16-12-14(2)18(15(3)13-16)24(22)19-10-6-5-8-17(19)9-7-11-23(20)21/h12-13,17H,4-11H2,1-3H3,(H,20,21). The minimum Gasteiger partial charge on any atom is -0.306 e. The molecule has 3 unspecified atom stereocenters. The fourth-order valence-electron chi connectivity index (χ4n) is 3.56. The Bertz CT molecular complexity index is 595. The average molecular weight is 372 g/mol. The Kier molecular flexibility index (Phi) is 7.60. The quantitative estimate of drug-likeness (QED) is 0.743. The molecule has 1 saturated heterocycles. The maximum atomic E-state index is 13.3. The first-order chi connectivity index (χ1) is 11.4. The highest BCUT2D eigenvalue weighted by Gasteiger charge is 2.29. The average Bonchev–Trinajstić information content (AvgIpc) is 2.54. The third-order valence-electron chi connectivity index (χ3n) is 4.75. The Hall–Kier alpha value is -0.560. The van der Waals surface area contributed by atoms with Gasteiger partial charge in [0.2, 0.25) is 0 Å². The van der Waals surface area contributed by atoms with E-state index in [2.05, 4.69) is 23.4 Å². The van der Waals surface area contributed by atoms with E-state index >= 15 is 0 Å². The number of benzene rings is 1. The zero-order chi connectivity index (χ0) is 17.7. The van der Waals surface area contributed by atoms with E-state index in [-0.39, 0.29) is 6.04 Å². The summed E-state index contributed by atoms with van der Waals surface area (Å²) in [5.74, 6) is 0.306. The summed E-state index contributed by atoms with van der Waals surface area (Å²) in [7, 11) is -1.15. The van der Waals surface area contributed by atoms with Gasteiger partial charge in [0.05, 0.1) is 4.90 Å². The largest absolute Gasteiger partial charge is 0.306 e. The summed E-state index contributed by atoms with van der Waals surface area (Å²) in [6, 6.07) is 4.54. The van der Waals surface area contributed by atoms with Crippen LogP contribution in [0, 0.1) is 13.8 Å². The van der Waals surface area contributed by atoms with Crippen LogP contribution < -0.4 is 0 Å². The highest BCUT2D eigenvalue weighted by atomic mass is 32.2. The summed E-state index contributed by atoms with van der Waals surface area (Å²) < 4.78 is 35.2. The smallest absolute Gasteiger partial charge is 0.152 e. The molecule has 0 aromatic heterocycles. The molecule has 136 valence electrons. The minimum atomic E-state index is -1.73. The van der Waals surface area contributed by atoms with Gasteiger partial charge in [-0.15, -0.1) is 0 Å². The Morgan fingerprint density at radius 1 is 1.21 bits per heavy atom. The van der Waals surface area contributed by atoms with Crippen LogP contribution in [0.3, 0.4) is 0 Å². The van der Waals surface area contributed by atoms with Crippen LogP contribution in [0.1, 0.15) is 55.7 Å². The van der Waals surface area contributed by atoms with Crippen LogP contribution in [0.2, 0.25) is 0 Å². The third kappa shape index (κ3) is 4.97. The summed E-state index contributed by atoms with van der Waals surface area (Å²) >= 11 is -1.73. The van der Waals surface area contributed by atoms with Crippen LogP contribution in [0.15, 0.2) is 17.0 Å². The molecule has 0 amide bonds. The Morgan fingerprint density at radius 3 is 2.46 bits per heavy atom. The molecule has 0 bridgehead atoms. The number of piperidine rings is 1. The first kappa shape index (κ1) is 19.8. The van der Waals surface area contributed by atoms with Crippen LogP contribution in [0.4, 0.5) is 0 Å². The number of nitrogens with zero attached hydrogens (tertiary/aromatic N) is 1. The van der Waals surface area contributed by atoms with Gasteiger partial charge in [0.15, 0.2) is 11.1 Å². The maximum absolute atomic E-state index is 13.3. The molecule has 1 aliphatic rings. The van der Waals surface area contributed by atoms with Crippen molar-refractivity contribution in [2.45, 2.75) is 70.2 Å². The van der Waals surface area contributed by atoms with Crippen molar-refractivity contribution >= 4 is 22.1 Å². The zero-order valence-electron chi connectivity index (χ0n) is 14.9. The van der Waals surface area contributed by atoms with Gasteiger partial charge in [0.25, 0.3) is 0 Å². The SMILES string of the molecule is CCc1cc(C)c(S(=O)N2CCCCC2CCCS(=O)O)c(C)c1. The topological polar surface area (TPSA) is 57.6 Å². The van der Waals surface area contributed by atoms with Gasteiger partial charge in [-0.25, -0.2) is 12.7 Å². The molecular weight excluding hydrogens is 342 g/mol. The summed E-state index contributed by atoms with van der Waals surface area (Å²) in [6.45, 7) is 7.07. The molecule has 1 aromatic carbocycles. The Balaban J connectivity index is 2.18. The summed E-state index contributed by atoms with van der Waals surface area (Å²) in [4.78, 5) is 0.949. The van der Waals surface area contributed by atoms with Crippen molar-refractivity contribution in [2.24, 2.45) is 0 Å². The van der Waals surface area contributed by atoms with Crippen LogP contribution >= 0.6 is 0 Å². The second-order valence-electron chi connectivity index (χ2n) is 6.62. The molecule has 1 fully saturated rings. The predicted molar refractivity (Wildman–Crippen MR) is 101 cm³/mol. The normalized spacial score (nSPS) is 21.6. The van der Waals surface area contributed by atoms with E-state index < -0.39 is 22.1 Å². The fourth-order valence-corrected chi connectivity index (χ4v) is 5.65. The molecule has 4 nitrogen and oxygen atoms in total. The summed E-state index contributed by atoms with van der Waals surface area (Å²) in [5.41, 5.74) is 3.49. The van der Waals surface area contributed by atoms with Gasteiger partial charge in [0.1, 0.15) is 11.0 Å². The predicted octanol–water partition coefficient (Wildman–Crippen LogP) is 3.74. The Labute approximate surface area is 150 Å². The summed E-state index contributed by atoms with van der Waals surface area (Å²) in [5, 5.41) is 0. The van der Waals surface area contributed by atoms with Gasteiger partial charge >= 0.3 is 0 Å². The molecule has 0 aliphatic carbocycles. The van der Waals surface area contributed by atoms with Crippen molar-refractivity contribution in [3.8, 4) is 0 Å². The molecule has 2 rings (SSSR count). The molecule has 0 radical (unpaired) electrons. The van der Waals surface area contributed by atoms with E-state index in [9.17, 15) is 8.42 Å². The lowest BCUT2D eigenvalue weighted by Gasteiger charge is -2.35. The molecule has 24 heavy (non-hydrogen) atoms. The molecule has 1 N–H and O–H groups in total. The van der Waals surface area contributed by atoms with E-state index in [4.69, 9.17) is 4.55 Å². The van der Waals surface area contributed by atoms with Crippen LogP contribution in [0.5, 0.6) is 0 Å². The Morgan fingerprint density at radius 2 is 1.88 bits per heavy atom. The van der Waals surface area contributed by atoms with Crippen molar-refractivity contribution in [1.29, 1.82) is 0 Å². The molecular formula is C18H29NO3S2. The molecule has 0 spiro atoms. The van der Waals surface area contributed by atoms with Gasteiger partial charge in [0, 0.05) is 18.3 Å². The van der Waals surface area contributed by atoms with Crippen LogP contribution in [0.25, 0.3) is 0 Å². The number of aryl methyl sites for hydroxylation is 3. The van der Waals surface area contributed by atoms with Gasteiger partial charge < -0.3 is 4.55 Å². The lowest BCUT2D eigenvalue weighted by molar-refractivity contribution is 0.250. The zero-order valence-corrected chi connectivity index (χ0v) is 16.5. The highest BCUT2D eigenvalue weighted by molar-refractivity contribution is 7.82. The monoisotopic (exact) mass is 371 g/mol. The first-order valence-corrected chi connectivity index (χ1v) is 11.2. The molecule has 0 saturated carbocycles. The fraction of sp³-hybridized carbons (Fsp3) is 0.667. The van der Waals surface area contributed by atoms with Crippen molar-refractivity contribution in [3.63, 3.8) is 0 Å². The molecule has 3 atom stereocenters. The second-order valence-corrected chi connectivity index (χ2v) is 9.05. The van der Waals surface area contributed by atoms with E-state index in [1.165, 1.54) is 5.56 Å². The molecule has 1 heterocycles. The van der Waals surface area contributed by atoms with Crippen molar-refractivity contribution in [3.05, 3.63) is 28.8 Å². The van der Waals surface area contributed by atoms with Crippen LogP contribution in [-0.4, -0.2) is 35.6 Å². The molecule has 6 heteroatoms. The number of rotatable bonds is 7. The van der Waals surface area contributed by atoms with Crippen molar-refractivity contribution in [2.75, 3.05) is 12.3 Å². The van der Waals surface area contributed by atoms with E-state index in [0.29, 0.717) is 12.2 Å². The second kappa shape index (κ2) is 9.22. The van der Waals surface area contributed by atoms with Gasteiger partial charge in [-0.2, -0.15) is 0 Å². The lowest BCUT2D eigenvalue weighted by Crippen LogP contribution is -2.41. The first-order valence-electron chi connectivity index (χ1n) is 8.80. The molecule has 1 aromatic rings. The van der Waals surface area contributed by atoms with E-state index in [1.807, 2.05) is 13.8 Å². The molecule has 1 aliphatic heterocycles. The van der Waals surface area contributed by atoms with Gasteiger partial charge in [-0.05, 0) is 62.6 Å². The van der Waals surface area contributed by atoms with Gasteiger partial charge in [-0.1, -0.05) is 25.5 Å². The van der Waals surface area contributed by atoms with Gasteiger partial charge in [-0.3, -0.25) is 0 Å². The summed E-state index contributed by atoms with van der Waals surface area (Å²) in [6.07, 6.45) is 5.76. The highest BCUT2D eigenvalue weighted by Crippen LogP contribution is 2.29.